The Morgan fingerprint density at radius 2 is 1.38 bits per heavy atom. The number of imide groups is 1. The van der Waals surface area contributed by atoms with E-state index < -0.39 is 4.92 Å². The van der Waals surface area contributed by atoms with Gasteiger partial charge in [-0.25, -0.2) is 4.90 Å². The van der Waals surface area contributed by atoms with E-state index in [0.29, 0.717) is 42.6 Å². The predicted molar refractivity (Wildman–Crippen MR) is 109 cm³/mol. The first-order valence-corrected chi connectivity index (χ1v) is 9.42. The number of anilines is 2. The Hall–Kier alpha value is -3.39. The molecule has 2 aromatic rings. The number of carbonyl (C=O) groups excluding carboxylic acids is 2. The number of nitro groups is 1. The number of non-ortho nitro benzene ring substituents is 1. The largest absolute Gasteiger partial charge is 0.368 e. The van der Waals surface area contributed by atoms with Gasteiger partial charge in [-0.1, -0.05) is 11.6 Å². The molecule has 4 rings (SSSR count). The second kappa shape index (κ2) is 7.56. The molecule has 0 bridgehead atoms. The van der Waals surface area contributed by atoms with Gasteiger partial charge in [-0.15, -0.1) is 0 Å². The van der Waals surface area contributed by atoms with Crippen LogP contribution in [0.3, 0.4) is 0 Å². The predicted octanol–water partition coefficient (Wildman–Crippen LogP) is 2.83. The van der Waals surface area contributed by atoms with Crippen LogP contribution in [-0.4, -0.2) is 47.8 Å². The van der Waals surface area contributed by atoms with Crippen LogP contribution < -0.4 is 9.80 Å². The van der Waals surface area contributed by atoms with E-state index >= 15 is 0 Å². The van der Waals surface area contributed by atoms with E-state index in [0.717, 1.165) is 10.6 Å². The first-order chi connectivity index (χ1) is 13.9. The lowest BCUT2D eigenvalue weighted by Gasteiger charge is -2.37. The maximum absolute atomic E-state index is 12.8. The van der Waals surface area contributed by atoms with Crippen LogP contribution in [0.4, 0.5) is 17.1 Å². The van der Waals surface area contributed by atoms with Gasteiger partial charge in [0.15, 0.2) is 0 Å². The molecular formula is C20H17ClN4O4. The molecule has 0 unspecified atom stereocenters. The summed E-state index contributed by atoms with van der Waals surface area (Å²) in [6.45, 7) is 2.40. The van der Waals surface area contributed by atoms with Gasteiger partial charge in [0.2, 0.25) is 0 Å². The van der Waals surface area contributed by atoms with Gasteiger partial charge in [0, 0.05) is 55.1 Å². The summed E-state index contributed by atoms with van der Waals surface area (Å²) in [6.07, 6.45) is 1.37. The summed E-state index contributed by atoms with van der Waals surface area (Å²) in [6, 6.07) is 13.0. The Labute approximate surface area is 171 Å². The molecule has 0 atom stereocenters. The van der Waals surface area contributed by atoms with Crippen molar-refractivity contribution in [2.45, 2.75) is 0 Å². The summed E-state index contributed by atoms with van der Waals surface area (Å²) in [5, 5.41) is 11.3. The highest BCUT2D eigenvalue weighted by atomic mass is 35.5. The van der Waals surface area contributed by atoms with E-state index in [1.165, 1.54) is 18.2 Å². The van der Waals surface area contributed by atoms with Crippen LogP contribution in [-0.2, 0) is 9.59 Å². The number of nitro benzene ring substituents is 1. The first-order valence-electron chi connectivity index (χ1n) is 9.04. The Morgan fingerprint density at radius 3 is 1.97 bits per heavy atom. The Bertz CT molecular complexity index is 996. The van der Waals surface area contributed by atoms with Gasteiger partial charge >= 0.3 is 0 Å². The third-order valence-electron chi connectivity index (χ3n) is 5.03. The van der Waals surface area contributed by atoms with E-state index in [9.17, 15) is 19.7 Å². The van der Waals surface area contributed by atoms with Crippen molar-refractivity contribution in [1.82, 2.24) is 4.90 Å². The second-order valence-electron chi connectivity index (χ2n) is 6.73. The summed E-state index contributed by atoms with van der Waals surface area (Å²) >= 11 is 5.88. The number of hydrogen-bond donors (Lipinski definition) is 0. The molecule has 2 aliphatic rings. The number of piperazine rings is 1. The molecule has 2 aliphatic heterocycles. The molecule has 0 aromatic heterocycles. The van der Waals surface area contributed by atoms with Gasteiger partial charge in [0.25, 0.3) is 17.5 Å². The number of nitrogens with zero attached hydrogens (tertiary/aromatic N) is 4. The van der Waals surface area contributed by atoms with Crippen molar-refractivity contribution in [3.63, 3.8) is 0 Å². The van der Waals surface area contributed by atoms with E-state index in [2.05, 4.69) is 4.90 Å². The van der Waals surface area contributed by atoms with Gasteiger partial charge in [-0.05, 0) is 36.4 Å². The molecule has 0 spiro atoms. The zero-order valence-electron chi connectivity index (χ0n) is 15.3. The van der Waals surface area contributed by atoms with Crippen molar-refractivity contribution in [3.05, 3.63) is 75.4 Å². The number of halogens is 1. The molecule has 1 fully saturated rings. The smallest absolute Gasteiger partial charge is 0.281 e. The maximum Gasteiger partial charge on any atom is 0.281 e. The van der Waals surface area contributed by atoms with Crippen molar-refractivity contribution < 1.29 is 14.5 Å². The highest BCUT2D eigenvalue weighted by Gasteiger charge is 2.36. The molecular weight excluding hydrogens is 396 g/mol. The van der Waals surface area contributed by atoms with Crippen LogP contribution >= 0.6 is 11.6 Å². The van der Waals surface area contributed by atoms with Crippen LogP contribution in [0.15, 0.2) is 60.3 Å². The van der Waals surface area contributed by atoms with Gasteiger partial charge < -0.3 is 9.80 Å². The minimum atomic E-state index is -0.427. The minimum Gasteiger partial charge on any atom is -0.368 e. The number of amides is 2. The molecule has 2 heterocycles. The fraction of sp³-hybridized carbons (Fsp3) is 0.200. The number of rotatable bonds is 4. The van der Waals surface area contributed by atoms with Crippen molar-refractivity contribution >= 4 is 40.5 Å². The first kappa shape index (κ1) is 18.9. The molecule has 0 saturated carbocycles. The third-order valence-corrected chi connectivity index (χ3v) is 5.29. The average molecular weight is 413 g/mol. The molecule has 2 amide bonds. The summed E-state index contributed by atoms with van der Waals surface area (Å²) in [7, 11) is 0. The lowest BCUT2D eigenvalue weighted by Crippen LogP contribution is -2.47. The number of benzene rings is 2. The fourth-order valence-electron chi connectivity index (χ4n) is 3.51. The minimum absolute atomic E-state index is 0.0508. The Balaban J connectivity index is 1.42. The van der Waals surface area contributed by atoms with Crippen molar-refractivity contribution in [2.75, 3.05) is 36.0 Å². The van der Waals surface area contributed by atoms with Gasteiger partial charge in [-0.3, -0.25) is 19.7 Å². The molecule has 148 valence electrons. The second-order valence-corrected chi connectivity index (χ2v) is 7.17. The number of carbonyl (C=O) groups is 2. The van der Waals surface area contributed by atoms with Crippen molar-refractivity contribution in [1.29, 1.82) is 0 Å². The standard InChI is InChI=1S/C20H17ClN4O4/c21-14-1-3-16(4-2-14)24-19(26)13-18(20(24)27)23-11-9-22(10-12-23)15-5-7-17(8-6-15)25(28)29/h1-8,13H,9-12H2. The van der Waals surface area contributed by atoms with E-state index in [-0.39, 0.29) is 17.5 Å². The molecule has 0 radical (unpaired) electrons. The summed E-state index contributed by atoms with van der Waals surface area (Å²) in [5.74, 6) is -0.716. The van der Waals surface area contributed by atoms with Crippen LogP contribution in [0.25, 0.3) is 0 Å². The molecule has 0 aliphatic carbocycles. The highest BCUT2D eigenvalue weighted by Crippen LogP contribution is 2.27. The Kier molecular flexibility index (Phi) is 4.94. The van der Waals surface area contributed by atoms with Crippen LogP contribution in [0.2, 0.25) is 5.02 Å². The SMILES string of the molecule is O=C1C=C(N2CCN(c3ccc([N+](=O)[O-])cc3)CC2)C(=O)N1c1ccc(Cl)cc1. The van der Waals surface area contributed by atoms with Crippen LogP contribution in [0.1, 0.15) is 0 Å². The van der Waals surface area contributed by atoms with Gasteiger partial charge in [0.05, 0.1) is 10.6 Å². The lowest BCUT2D eigenvalue weighted by atomic mass is 10.2. The fourth-order valence-corrected chi connectivity index (χ4v) is 3.64. The molecule has 2 aromatic carbocycles. The summed E-state index contributed by atoms with van der Waals surface area (Å²) in [5.41, 5.74) is 1.81. The van der Waals surface area contributed by atoms with Crippen molar-refractivity contribution in [2.24, 2.45) is 0 Å². The Morgan fingerprint density at radius 1 is 0.828 bits per heavy atom. The van der Waals surface area contributed by atoms with Gasteiger partial charge in [0.1, 0.15) is 5.70 Å². The molecule has 0 N–H and O–H groups in total. The zero-order chi connectivity index (χ0) is 20.5. The van der Waals surface area contributed by atoms with E-state index in [4.69, 9.17) is 11.6 Å². The lowest BCUT2D eigenvalue weighted by molar-refractivity contribution is -0.384. The van der Waals surface area contributed by atoms with Crippen LogP contribution in [0.5, 0.6) is 0 Å². The highest BCUT2D eigenvalue weighted by molar-refractivity contribution is 6.32. The van der Waals surface area contributed by atoms with Crippen LogP contribution in [0, 0.1) is 10.1 Å². The molecule has 9 heteroatoms. The number of hydrogen-bond acceptors (Lipinski definition) is 6. The normalized spacial score (nSPS) is 17.0. The summed E-state index contributed by atoms with van der Waals surface area (Å²) < 4.78 is 0. The average Bonchev–Trinajstić information content (AvgIpc) is 3.03. The van der Waals surface area contributed by atoms with E-state index in [1.807, 2.05) is 4.90 Å². The maximum atomic E-state index is 12.8. The zero-order valence-corrected chi connectivity index (χ0v) is 16.1. The quantitative estimate of drug-likeness (QED) is 0.436. The monoisotopic (exact) mass is 412 g/mol. The van der Waals surface area contributed by atoms with Crippen molar-refractivity contribution in [3.8, 4) is 0 Å². The molecule has 8 nitrogen and oxygen atoms in total. The third kappa shape index (κ3) is 3.66. The summed E-state index contributed by atoms with van der Waals surface area (Å²) in [4.78, 5) is 40.7. The van der Waals surface area contributed by atoms with E-state index in [1.54, 1.807) is 36.4 Å². The van der Waals surface area contributed by atoms with Gasteiger partial charge in [-0.2, -0.15) is 0 Å². The molecule has 1 saturated heterocycles. The molecule has 29 heavy (non-hydrogen) atoms. The topological polar surface area (TPSA) is 87.0 Å².